The number of amides is 1. The minimum absolute atomic E-state index is 0.0209. The number of fused-ring (bicyclic) bond motifs is 1. The van der Waals surface area contributed by atoms with Gasteiger partial charge in [-0.05, 0) is 49.2 Å². The second-order valence-corrected chi connectivity index (χ2v) is 8.30. The van der Waals surface area contributed by atoms with Gasteiger partial charge in [0.05, 0.1) is 24.7 Å². The summed E-state index contributed by atoms with van der Waals surface area (Å²) in [4.78, 5) is 25.3. The lowest BCUT2D eigenvalue weighted by Crippen LogP contribution is -2.14. The lowest BCUT2D eigenvalue weighted by atomic mass is 10.2. The Bertz CT molecular complexity index is 1550. The first-order chi connectivity index (χ1) is 17.1. The zero-order chi connectivity index (χ0) is 23.9. The van der Waals surface area contributed by atoms with Crippen LogP contribution < -0.4 is 10.1 Å². The molecule has 9 nitrogen and oxygen atoms in total. The van der Waals surface area contributed by atoms with E-state index in [0.717, 1.165) is 35.3 Å². The van der Waals surface area contributed by atoms with Crippen molar-refractivity contribution in [2.45, 2.75) is 12.8 Å². The van der Waals surface area contributed by atoms with Gasteiger partial charge < -0.3 is 10.1 Å². The van der Waals surface area contributed by atoms with Gasteiger partial charge >= 0.3 is 0 Å². The van der Waals surface area contributed by atoms with Crippen LogP contribution in [0.15, 0.2) is 67.4 Å². The number of imidazole rings is 1. The van der Waals surface area contributed by atoms with Crippen LogP contribution in [0.4, 0.5) is 10.2 Å². The van der Waals surface area contributed by atoms with Crippen molar-refractivity contribution in [3.8, 4) is 34.1 Å². The minimum Gasteiger partial charge on any atom is -0.494 e. The zero-order valence-electron chi connectivity index (χ0n) is 18.7. The summed E-state index contributed by atoms with van der Waals surface area (Å²) in [6.45, 7) is 0. The highest BCUT2D eigenvalue weighted by atomic mass is 19.1. The summed E-state index contributed by atoms with van der Waals surface area (Å²) >= 11 is 0. The van der Waals surface area contributed by atoms with Crippen LogP contribution in [0.3, 0.4) is 0 Å². The first kappa shape index (κ1) is 21.0. The Morgan fingerprint density at radius 3 is 2.69 bits per heavy atom. The van der Waals surface area contributed by atoms with E-state index in [1.807, 2.05) is 28.8 Å². The monoisotopic (exact) mass is 469 g/mol. The number of hydrogen-bond acceptors (Lipinski definition) is 6. The van der Waals surface area contributed by atoms with Crippen LogP contribution in [0.1, 0.15) is 12.8 Å². The summed E-state index contributed by atoms with van der Waals surface area (Å²) in [6, 6.07) is 12.0. The van der Waals surface area contributed by atoms with Gasteiger partial charge in [-0.15, -0.1) is 0 Å². The van der Waals surface area contributed by atoms with Crippen molar-refractivity contribution < 1.29 is 13.9 Å². The SMILES string of the molecule is COc1cc(-n2ncnc2-c2ccc3ncc(-c4ccc(NC(=O)C5CC5)nc4)n3c2)ccc1F. The van der Waals surface area contributed by atoms with E-state index in [2.05, 4.69) is 25.4 Å². The lowest BCUT2D eigenvalue weighted by Gasteiger charge is -2.10. The second-order valence-electron chi connectivity index (χ2n) is 8.30. The molecule has 1 amide bonds. The molecule has 174 valence electrons. The maximum Gasteiger partial charge on any atom is 0.228 e. The molecule has 0 atom stereocenters. The molecule has 1 saturated carbocycles. The molecule has 0 radical (unpaired) electrons. The number of ether oxygens (including phenoxy) is 1. The number of hydrogen-bond donors (Lipinski definition) is 1. The summed E-state index contributed by atoms with van der Waals surface area (Å²) in [5, 5.41) is 7.18. The molecule has 0 unspecified atom stereocenters. The molecule has 1 N–H and O–H groups in total. The van der Waals surface area contributed by atoms with E-state index in [4.69, 9.17) is 4.74 Å². The largest absolute Gasteiger partial charge is 0.494 e. The van der Waals surface area contributed by atoms with Crippen molar-refractivity contribution in [1.29, 1.82) is 0 Å². The van der Waals surface area contributed by atoms with Gasteiger partial charge in [-0.3, -0.25) is 9.20 Å². The Morgan fingerprint density at radius 2 is 1.91 bits per heavy atom. The molecule has 1 fully saturated rings. The molecule has 1 aliphatic carbocycles. The average molecular weight is 469 g/mol. The fraction of sp³-hybridized carbons (Fsp3) is 0.160. The predicted octanol–water partition coefficient (Wildman–Crippen LogP) is 4.14. The van der Waals surface area contributed by atoms with Gasteiger partial charge in [0.1, 0.15) is 17.8 Å². The highest BCUT2D eigenvalue weighted by Crippen LogP contribution is 2.30. The number of benzene rings is 1. The molecule has 35 heavy (non-hydrogen) atoms. The molecule has 5 aromatic rings. The van der Waals surface area contributed by atoms with Crippen molar-refractivity contribution in [2.75, 3.05) is 12.4 Å². The molecule has 1 aromatic carbocycles. The molecule has 0 bridgehead atoms. The van der Waals surface area contributed by atoms with Gasteiger partial charge in [0.25, 0.3) is 0 Å². The fourth-order valence-electron chi connectivity index (χ4n) is 3.93. The molecule has 0 spiro atoms. The van der Waals surface area contributed by atoms with Gasteiger partial charge in [-0.1, -0.05) is 0 Å². The Labute approximate surface area is 199 Å². The number of aromatic nitrogens is 6. The first-order valence-electron chi connectivity index (χ1n) is 11.1. The van der Waals surface area contributed by atoms with Gasteiger partial charge in [0.2, 0.25) is 5.91 Å². The number of nitrogens with one attached hydrogen (secondary N) is 1. The van der Waals surface area contributed by atoms with Crippen LogP contribution in [0.2, 0.25) is 0 Å². The third-order valence-corrected chi connectivity index (χ3v) is 5.95. The summed E-state index contributed by atoms with van der Waals surface area (Å²) in [7, 11) is 1.42. The van der Waals surface area contributed by atoms with Crippen LogP contribution >= 0.6 is 0 Å². The fourth-order valence-corrected chi connectivity index (χ4v) is 3.93. The molecular weight excluding hydrogens is 449 g/mol. The lowest BCUT2D eigenvalue weighted by molar-refractivity contribution is -0.117. The van der Waals surface area contributed by atoms with Gasteiger partial charge in [0.15, 0.2) is 17.4 Å². The quantitative estimate of drug-likeness (QED) is 0.401. The predicted molar refractivity (Wildman–Crippen MR) is 127 cm³/mol. The van der Waals surface area contributed by atoms with E-state index in [1.165, 1.54) is 19.5 Å². The van der Waals surface area contributed by atoms with Crippen molar-refractivity contribution in [3.63, 3.8) is 0 Å². The van der Waals surface area contributed by atoms with Crippen LogP contribution in [0.5, 0.6) is 5.75 Å². The average Bonchev–Trinajstić information content (AvgIpc) is 3.48. The summed E-state index contributed by atoms with van der Waals surface area (Å²) < 4.78 is 22.6. The van der Waals surface area contributed by atoms with Crippen LogP contribution in [0.25, 0.3) is 34.0 Å². The normalized spacial score (nSPS) is 13.2. The number of rotatable bonds is 6. The number of carbonyl (C=O) groups is 1. The highest BCUT2D eigenvalue weighted by Gasteiger charge is 2.29. The van der Waals surface area contributed by atoms with E-state index < -0.39 is 5.82 Å². The zero-order valence-corrected chi connectivity index (χ0v) is 18.7. The smallest absolute Gasteiger partial charge is 0.228 e. The standard InChI is InChI=1S/C25H20FN7O2/c1-35-21-10-18(6-7-19(21)26)33-24(29-14-30-33)17-5-9-23-28-12-20(32(23)13-17)16-4-8-22(27-11-16)31-25(34)15-2-3-15/h4-15H,2-3H2,1H3,(H,27,31,34). The van der Waals surface area contributed by atoms with Crippen LogP contribution in [0, 0.1) is 11.7 Å². The van der Waals surface area contributed by atoms with E-state index in [9.17, 15) is 9.18 Å². The molecule has 0 aliphatic heterocycles. The number of halogens is 1. The third kappa shape index (κ3) is 3.88. The molecular formula is C25H20FN7O2. The summed E-state index contributed by atoms with van der Waals surface area (Å²) in [5.41, 5.74) is 3.85. The minimum atomic E-state index is -0.450. The van der Waals surface area contributed by atoms with Gasteiger partial charge in [-0.25, -0.2) is 24.0 Å². The molecule has 1 aliphatic rings. The van der Waals surface area contributed by atoms with E-state index in [-0.39, 0.29) is 17.6 Å². The van der Waals surface area contributed by atoms with Crippen molar-refractivity contribution in [1.82, 2.24) is 29.1 Å². The van der Waals surface area contributed by atoms with Crippen molar-refractivity contribution in [3.05, 3.63) is 73.2 Å². The molecule has 6 rings (SSSR count). The Morgan fingerprint density at radius 1 is 1.06 bits per heavy atom. The van der Waals surface area contributed by atoms with Gasteiger partial charge in [0, 0.05) is 35.5 Å². The van der Waals surface area contributed by atoms with Crippen molar-refractivity contribution >= 4 is 17.4 Å². The topological polar surface area (TPSA) is 99.2 Å². The molecule has 0 saturated heterocycles. The summed E-state index contributed by atoms with van der Waals surface area (Å²) in [5.74, 6) is 0.924. The van der Waals surface area contributed by atoms with E-state index >= 15 is 0 Å². The Kier molecular flexibility index (Phi) is 4.98. The number of anilines is 1. The number of nitrogens with zero attached hydrogens (tertiary/aromatic N) is 6. The Balaban J connectivity index is 1.35. The number of methoxy groups -OCH3 is 1. The third-order valence-electron chi connectivity index (χ3n) is 5.95. The summed E-state index contributed by atoms with van der Waals surface area (Å²) in [6.07, 6.45) is 8.73. The second kappa shape index (κ2) is 8.32. The van der Waals surface area contributed by atoms with E-state index in [0.29, 0.717) is 17.3 Å². The van der Waals surface area contributed by atoms with Crippen molar-refractivity contribution in [2.24, 2.45) is 5.92 Å². The first-order valence-corrected chi connectivity index (χ1v) is 11.1. The highest BCUT2D eigenvalue weighted by molar-refractivity contribution is 5.93. The van der Waals surface area contributed by atoms with Crippen LogP contribution in [-0.4, -0.2) is 42.2 Å². The molecule has 4 aromatic heterocycles. The van der Waals surface area contributed by atoms with E-state index in [1.54, 1.807) is 35.3 Å². The van der Waals surface area contributed by atoms with Gasteiger partial charge in [-0.2, -0.15) is 5.10 Å². The maximum absolute atomic E-state index is 13.9. The Hall–Kier alpha value is -4.60. The number of carbonyl (C=O) groups excluding carboxylic acids is 1. The molecule has 4 heterocycles. The maximum atomic E-state index is 13.9. The molecule has 10 heteroatoms. The van der Waals surface area contributed by atoms with Crippen LogP contribution in [-0.2, 0) is 4.79 Å². The number of pyridine rings is 2.